The number of rotatable bonds is 4. The molecule has 1 aromatic carbocycles. The zero-order valence-electron chi connectivity index (χ0n) is 11.8. The first-order chi connectivity index (χ1) is 10.3. The molecule has 1 aromatic heterocycles. The Morgan fingerprint density at radius 2 is 2.10 bits per heavy atom. The van der Waals surface area contributed by atoms with Gasteiger partial charge in [0.2, 0.25) is 0 Å². The first kappa shape index (κ1) is 13.9. The van der Waals surface area contributed by atoms with Gasteiger partial charge in [-0.15, -0.1) is 11.3 Å². The number of carbonyl (C=O) groups excluding carboxylic acids is 1. The van der Waals surface area contributed by atoms with E-state index in [2.05, 4.69) is 0 Å². The molecule has 110 valence electrons. The lowest BCUT2D eigenvalue weighted by atomic mass is 10.2. The van der Waals surface area contributed by atoms with E-state index < -0.39 is 0 Å². The van der Waals surface area contributed by atoms with Gasteiger partial charge < -0.3 is 14.4 Å². The minimum absolute atomic E-state index is 0.0509. The Labute approximate surface area is 127 Å². The lowest BCUT2D eigenvalue weighted by molar-refractivity contribution is 0.0478. The quantitative estimate of drug-likeness (QED) is 0.871. The maximum absolute atomic E-state index is 12.4. The molecule has 0 bridgehead atoms. The van der Waals surface area contributed by atoms with Gasteiger partial charge in [-0.05, 0) is 30.5 Å². The van der Waals surface area contributed by atoms with Crippen LogP contribution in [0, 0.1) is 0 Å². The molecule has 5 heteroatoms. The van der Waals surface area contributed by atoms with Gasteiger partial charge in [0.15, 0.2) is 17.6 Å². The third kappa shape index (κ3) is 3.03. The van der Waals surface area contributed by atoms with Crippen molar-refractivity contribution in [2.45, 2.75) is 13.0 Å². The highest BCUT2D eigenvalue weighted by Gasteiger charge is 2.25. The highest BCUT2D eigenvalue weighted by Crippen LogP contribution is 2.31. The Morgan fingerprint density at radius 1 is 1.29 bits per heavy atom. The number of nitrogens with zero attached hydrogens (tertiary/aromatic N) is 1. The van der Waals surface area contributed by atoms with Crippen LogP contribution in [0.5, 0.6) is 11.5 Å². The predicted octanol–water partition coefficient (Wildman–Crippen LogP) is 3.05. The average molecular weight is 303 g/mol. The highest BCUT2D eigenvalue weighted by molar-refractivity contribution is 7.12. The molecule has 1 atom stereocenters. The summed E-state index contributed by atoms with van der Waals surface area (Å²) in [5.41, 5.74) is 0. The molecule has 21 heavy (non-hydrogen) atoms. The summed E-state index contributed by atoms with van der Waals surface area (Å²) in [6.07, 6.45) is -0.135. The second kappa shape index (κ2) is 6.18. The van der Waals surface area contributed by atoms with E-state index in [9.17, 15) is 4.79 Å². The normalized spacial score (nSPS) is 16.5. The third-order valence-corrected chi connectivity index (χ3v) is 4.25. The van der Waals surface area contributed by atoms with Gasteiger partial charge >= 0.3 is 0 Å². The standard InChI is InChI=1S/C16H17NO3S/c1-2-17(16(18)15-8-5-9-21-15)10-12-11-19-13-6-3-4-7-14(13)20-12/h3-9,12H,2,10-11H2,1H3. The van der Waals surface area contributed by atoms with Gasteiger partial charge in [0, 0.05) is 6.54 Å². The topological polar surface area (TPSA) is 38.8 Å². The number of benzene rings is 1. The monoisotopic (exact) mass is 303 g/mol. The summed E-state index contributed by atoms with van der Waals surface area (Å²) in [6, 6.07) is 11.4. The van der Waals surface area contributed by atoms with Gasteiger partial charge in [-0.2, -0.15) is 0 Å². The van der Waals surface area contributed by atoms with Crippen LogP contribution >= 0.6 is 11.3 Å². The molecule has 0 N–H and O–H groups in total. The Bertz CT molecular complexity index is 612. The Hall–Kier alpha value is -2.01. The summed E-state index contributed by atoms with van der Waals surface area (Å²) in [6.45, 7) is 3.62. The molecule has 4 nitrogen and oxygen atoms in total. The maximum atomic E-state index is 12.4. The van der Waals surface area contributed by atoms with E-state index in [0.29, 0.717) is 19.7 Å². The molecule has 1 aliphatic rings. The molecule has 1 amide bonds. The summed E-state index contributed by atoms with van der Waals surface area (Å²) in [5, 5.41) is 1.91. The van der Waals surface area contributed by atoms with E-state index in [1.54, 1.807) is 4.90 Å². The molecule has 2 aromatic rings. The van der Waals surface area contributed by atoms with E-state index in [1.807, 2.05) is 48.7 Å². The molecular weight excluding hydrogens is 286 g/mol. The summed E-state index contributed by atoms with van der Waals surface area (Å²) in [4.78, 5) is 15.0. The van der Waals surface area contributed by atoms with E-state index in [1.165, 1.54) is 11.3 Å². The lowest BCUT2D eigenvalue weighted by Crippen LogP contribution is -2.43. The van der Waals surface area contributed by atoms with Crippen molar-refractivity contribution in [1.29, 1.82) is 0 Å². The molecule has 2 heterocycles. The van der Waals surface area contributed by atoms with Crippen molar-refractivity contribution in [3.8, 4) is 11.5 Å². The summed E-state index contributed by atoms with van der Waals surface area (Å²) in [5.74, 6) is 1.56. The van der Waals surface area contributed by atoms with Gasteiger partial charge in [-0.1, -0.05) is 18.2 Å². The van der Waals surface area contributed by atoms with Gasteiger partial charge in [0.1, 0.15) is 6.61 Å². The zero-order valence-corrected chi connectivity index (χ0v) is 12.6. The van der Waals surface area contributed by atoms with E-state index in [4.69, 9.17) is 9.47 Å². The number of thiophene rings is 1. The number of hydrogen-bond acceptors (Lipinski definition) is 4. The minimum atomic E-state index is -0.135. The minimum Gasteiger partial charge on any atom is -0.486 e. The van der Waals surface area contributed by atoms with Crippen molar-refractivity contribution in [2.24, 2.45) is 0 Å². The van der Waals surface area contributed by atoms with Crippen LogP contribution in [0.4, 0.5) is 0 Å². The SMILES string of the molecule is CCN(CC1COc2ccccc2O1)C(=O)c1cccs1. The second-order valence-corrected chi connectivity index (χ2v) is 5.77. The van der Waals surface area contributed by atoms with Crippen LogP contribution in [-0.4, -0.2) is 36.6 Å². The molecule has 0 saturated carbocycles. The van der Waals surface area contributed by atoms with Crippen LogP contribution in [0.1, 0.15) is 16.6 Å². The first-order valence-electron chi connectivity index (χ1n) is 6.99. The zero-order chi connectivity index (χ0) is 14.7. The molecule has 1 aliphatic heterocycles. The van der Waals surface area contributed by atoms with Crippen LogP contribution in [0.3, 0.4) is 0 Å². The van der Waals surface area contributed by atoms with Crippen molar-refractivity contribution in [3.05, 3.63) is 46.7 Å². The Kier molecular flexibility index (Phi) is 4.10. The number of carbonyl (C=O) groups is 1. The summed E-state index contributed by atoms with van der Waals surface area (Å²) < 4.78 is 11.6. The second-order valence-electron chi connectivity index (χ2n) is 4.82. The largest absolute Gasteiger partial charge is 0.486 e. The molecule has 1 unspecified atom stereocenters. The molecule has 0 saturated heterocycles. The van der Waals surface area contributed by atoms with Crippen molar-refractivity contribution in [2.75, 3.05) is 19.7 Å². The molecule has 3 rings (SSSR count). The van der Waals surface area contributed by atoms with Crippen molar-refractivity contribution >= 4 is 17.2 Å². The highest BCUT2D eigenvalue weighted by atomic mass is 32.1. The summed E-state index contributed by atoms with van der Waals surface area (Å²) in [7, 11) is 0. The molecule has 0 aliphatic carbocycles. The number of hydrogen-bond donors (Lipinski definition) is 0. The smallest absolute Gasteiger partial charge is 0.264 e. The molecule has 0 radical (unpaired) electrons. The van der Waals surface area contributed by atoms with Crippen molar-refractivity contribution in [1.82, 2.24) is 4.90 Å². The van der Waals surface area contributed by atoms with Gasteiger partial charge in [0.25, 0.3) is 5.91 Å². The van der Waals surface area contributed by atoms with Crippen LogP contribution in [-0.2, 0) is 0 Å². The van der Waals surface area contributed by atoms with Crippen LogP contribution in [0.25, 0.3) is 0 Å². The van der Waals surface area contributed by atoms with Gasteiger partial charge in [-0.3, -0.25) is 4.79 Å². The van der Waals surface area contributed by atoms with E-state index >= 15 is 0 Å². The molecule has 0 spiro atoms. The number of amides is 1. The lowest BCUT2D eigenvalue weighted by Gasteiger charge is -2.30. The first-order valence-corrected chi connectivity index (χ1v) is 7.87. The van der Waals surface area contributed by atoms with Crippen molar-refractivity contribution < 1.29 is 14.3 Å². The fourth-order valence-corrected chi connectivity index (χ4v) is 3.00. The van der Waals surface area contributed by atoms with Crippen molar-refractivity contribution in [3.63, 3.8) is 0 Å². The Balaban J connectivity index is 1.67. The fourth-order valence-electron chi connectivity index (χ4n) is 2.31. The van der Waals surface area contributed by atoms with Crippen LogP contribution in [0.2, 0.25) is 0 Å². The average Bonchev–Trinajstić information content (AvgIpc) is 3.06. The number of likely N-dealkylation sites (N-methyl/N-ethyl adjacent to an activating group) is 1. The maximum Gasteiger partial charge on any atom is 0.264 e. The van der Waals surface area contributed by atoms with Gasteiger partial charge in [0.05, 0.1) is 11.4 Å². The predicted molar refractivity (Wildman–Crippen MR) is 82.2 cm³/mol. The van der Waals surface area contributed by atoms with E-state index in [0.717, 1.165) is 16.4 Å². The summed E-state index contributed by atoms with van der Waals surface area (Å²) >= 11 is 1.46. The van der Waals surface area contributed by atoms with Crippen LogP contribution in [0.15, 0.2) is 41.8 Å². The number of para-hydroxylation sites is 2. The molecule has 0 fully saturated rings. The fraction of sp³-hybridized carbons (Fsp3) is 0.312. The Morgan fingerprint density at radius 3 is 2.81 bits per heavy atom. The molecular formula is C16H17NO3S. The third-order valence-electron chi connectivity index (χ3n) is 3.39. The van der Waals surface area contributed by atoms with E-state index in [-0.39, 0.29) is 12.0 Å². The van der Waals surface area contributed by atoms with Crippen LogP contribution < -0.4 is 9.47 Å². The number of ether oxygens (including phenoxy) is 2. The van der Waals surface area contributed by atoms with Gasteiger partial charge in [-0.25, -0.2) is 0 Å². The number of fused-ring (bicyclic) bond motifs is 1.